The maximum Gasteiger partial charge on any atom is 0 e. The van der Waals surface area contributed by atoms with E-state index in [2.05, 4.69) is 0 Å². The SMILES string of the molecule is [Al].[Co].[Cu].[Mg].[Ni]. The van der Waals surface area contributed by atoms with Gasteiger partial charge >= 0.3 is 0 Å². The maximum atomic E-state index is 0. The van der Waals surface area contributed by atoms with Crippen LogP contribution in [-0.2, 0) is 50.3 Å². The zero-order valence-electron chi connectivity index (χ0n) is 2.24. The van der Waals surface area contributed by atoms with Crippen LogP contribution in [-0.4, -0.2) is 40.4 Å². The van der Waals surface area contributed by atoms with Crippen molar-refractivity contribution in [3.63, 3.8) is 0 Å². The molecule has 0 spiro atoms. The molecule has 0 rings (SSSR count). The first-order valence-electron chi connectivity index (χ1n) is 0. The van der Waals surface area contributed by atoms with Crippen LogP contribution in [0.1, 0.15) is 0 Å². The molecule has 7 radical (unpaired) electrons. The summed E-state index contributed by atoms with van der Waals surface area (Å²) in [7, 11) is 0. The average molecular weight is 232 g/mol. The van der Waals surface area contributed by atoms with Crippen molar-refractivity contribution in [2.24, 2.45) is 0 Å². The Kier molecular flexibility index (Phi) is 266. The molecule has 0 aromatic carbocycles. The van der Waals surface area contributed by atoms with Gasteiger partial charge in [-0.15, -0.1) is 0 Å². The molecular weight excluding hydrogens is 232 g/mol. The molecule has 0 bridgehead atoms. The molecule has 35 valence electrons. The molecule has 0 aliphatic carbocycles. The predicted molar refractivity (Wildman–Crippen MR) is 11.5 cm³/mol. The van der Waals surface area contributed by atoms with E-state index < -0.39 is 0 Å². The van der Waals surface area contributed by atoms with E-state index in [1.165, 1.54) is 0 Å². The normalized spacial score (nSPS) is 0. The summed E-state index contributed by atoms with van der Waals surface area (Å²) in [4.78, 5) is 0. The van der Waals surface area contributed by atoms with Crippen molar-refractivity contribution >= 4 is 40.4 Å². The number of rotatable bonds is 0. The zero-order chi connectivity index (χ0) is 0. The maximum absolute atomic E-state index is 0. The molecular formula is AlCoCuMgNi. The minimum Gasteiger partial charge on any atom is 0 e. The van der Waals surface area contributed by atoms with Crippen LogP contribution in [0.15, 0.2) is 0 Å². The van der Waals surface area contributed by atoms with E-state index in [0.29, 0.717) is 0 Å². The molecule has 0 aromatic heterocycles. The summed E-state index contributed by atoms with van der Waals surface area (Å²) in [5.74, 6) is 0. The Balaban J connectivity index is 0. The predicted octanol–water partition coefficient (Wildman–Crippen LogP) is -0.769. The van der Waals surface area contributed by atoms with Gasteiger partial charge in [0.2, 0.25) is 0 Å². The van der Waals surface area contributed by atoms with E-state index in [-0.39, 0.29) is 90.8 Å². The van der Waals surface area contributed by atoms with E-state index in [9.17, 15) is 0 Å². The van der Waals surface area contributed by atoms with Crippen molar-refractivity contribution in [2.45, 2.75) is 0 Å². The first kappa shape index (κ1) is 45.8. The van der Waals surface area contributed by atoms with E-state index in [4.69, 9.17) is 0 Å². The third kappa shape index (κ3) is 19.9. The Labute approximate surface area is 89.5 Å². The summed E-state index contributed by atoms with van der Waals surface area (Å²) >= 11 is 0. The third-order valence-electron chi connectivity index (χ3n) is 0. The minimum atomic E-state index is 0. The van der Waals surface area contributed by atoms with E-state index >= 15 is 0 Å². The summed E-state index contributed by atoms with van der Waals surface area (Å²) in [5.41, 5.74) is 0. The summed E-state index contributed by atoms with van der Waals surface area (Å²) in [6.45, 7) is 0. The smallest absolute Gasteiger partial charge is 0 e. The van der Waals surface area contributed by atoms with Gasteiger partial charge < -0.3 is 0 Å². The van der Waals surface area contributed by atoms with Gasteiger partial charge in [-0.2, -0.15) is 0 Å². The average Bonchev–Trinajstić information content (AvgIpc) is 0. The Morgan fingerprint density at radius 1 is 1.00 bits per heavy atom. The summed E-state index contributed by atoms with van der Waals surface area (Å²) in [6, 6.07) is 0. The largest absolute Gasteiger partial charge is 0 e. The molecule has 0 unspecified atom stereocenters. The molecule has 5 heteroatoms. The van der Waals surface area contributed by atoms with Crippen molar-refractivity contribution in [3.05, 3.63) is 0 Å². The second-order valence-electron chi connectivity index (χ2n) is 0. The van der Waals surface area contributed by atoms with Crippen LogP contribution in [0.3, 0.4) is 0 Å². The van der Waals surface area contributed by atoms with Crippen LogP contribution in [0.2, 0.25) is 0 Å². The van der Waals surface area contributed by atoms with Gasteiger partial charge in [0.25, 0.3) is 0 Å². The van der Waals surface area contributed by atoms with Crippen LogP contribution in [0.5, 0.6) is 0 Å². The fraction of sp³-hybridized carbons (Fsp3) is 0. The third-order valence-corrected chi connectivity index (χ3v) is 0. The molecule has 0 saturated heterocycles. The molecule has 0 aliphatic rings. The molecule has 0 aromatic rings. The molecule has 0 heterocycles. The van der Waals surface area contributed by atoms with Crippen LogP contribution in [0.4, 0.5) is 0 Å². The second kappa shape index (κ2) is 29.1. The Hall–Kier alpha value is 2.82. The standard InChI is InChI=1S/Al.Co.Cu.Mg.Ni. The van der Waals surface area contributed by atoms with Crippen molar-refractivity contribution in [1.82, 2.24) is 0 Å². The quantitative estimate of drug-likeness (QED) is 0.481. The van der Waals surface area contributed by atoms with Gasteiger partial charge in [0.15, 0.2) is 0 Å². The van der Waals surface area contributed by atoms with E-state index in [0.717, 1.165) is 0 Å². The first-order chi connectivity index (χ1) is 0. The van der Waals surface area contributed by atoms with Gasteiger partial charge in [0, 0.05) is 90.8 Å². The molecule has 0 nitrogen and oxygen atoms in total. The van der Waals surface area contributed by atoms with Crippen LogP contribution in [0.25, 0.3) is 0 Å². The Bertz CT molecular complexity index is 11.6. The van der Waals surface area contributed by atoms with Crippen molar-refractivity contribution in [1.29, 1.82) is 0 Å². The van der Waals surface area contributed by atoms with Gasteiger partial charge in [0.05, 0.1) is 0 Å². The van der Waals surface area contributed by atoms with E-state index in [1.807, 2.05) is 0 Å². The molecule has 0 N–H and O–H groups in total. The first-order valence-corrected chi connectivity index (χ1v) is 0. The fourth-order valence-electron chi connectivity index (χ4n) is 0. The molecule has 5 heavy (non-hydrogen) atoms. The Morgan fingerprint density at radius 3 is 1.00 bits per heavy atom. The van der Waals surface area contributed by atoms with Crippen LogP contribution >= 0.6 is 0 Å². The van der Waals surface area contributed by atoms with Crippen LogP contribution in [0, 0.1) is 0 Å². The van der Waals surface area contributed by atoms with Gasteiger partial charge in [-0.3, -0.25) is 0 Å². The summed E-state index contributed by atoms with van der Waals surface area (Å²) < 4.78 is 0. The molecule has 0 atom stereocenters. The summed E-state index contributed by atoms with van der Waals surface area (Å²) in [5, 5.41) is 0. The molecule has 0 saturated carbocycles. The molecule has 0 aliphatic heterocycles. The summed E-state index contributed by atoms with van der Waals surface area (Å²) in [6.07, 6.45) is 0. The minimum absolute atomic E-state index is 0. The fourth-order valence-corrected chi connectivity index (χ4v) is 0. The second-order valence-corrected chi connectivity index (χ2v) is 0. The van der Waals surface area contributed by atoms with E-state index in [1.54, 1.807) is 0 Å². The monoisotopic (exact) mass is 231 g/mol. The number of hydrogen-bond donors (Lipinski definition) is 0. The zero-order valence-corrected chi connectivity index (χ0v) is 7.77. The Morgan fingerprint density at radius 2 is 1.00 bits per heavy atom. The van der Waals surface area contributed by atoms with Crippen molar-refractivity contribution in [3.8, 4) is 0 Å². The number of hydrogen-bond acceptors (Lipinski definition) is 0. The van der Waals surface area contributed by atoms with Gasteiger partial charge in [0.1, 0.15) is 0 Å². The van der Waals surface area contributed by atoms with Gasteiger partial charge in [-0.25, -0.2) is 0 Å². The van der Waals surface area contributed by atoms with Gasteiger partial charge in [-0.1, -0.05) is 0 Å². The molecule has 0 fully saturated rings. The van der Waals surface area contributed by atoms with Crippen molar-refractivity contribution < 1.29 is 50.3 Å². The van der Waals surface area contributed by atoms with Gasteiger partial charge in [-0.05, 0) is 0 Å². The van der Waals surface area contributed by atoms with Crippen LogP contribution < -0.4 is 0 Å². The topological polar surface area (TPSA) is 0 Å². The molecule has 0 amide bonds. The van der Waals surface area contributed by atoms with Crippen molar-refractivity contribution in [2.75, 3.05) is 0 Å².